The second-order valence-electron chi connectivity index (χ2n) is 10.5. The number of fused-ring (bicyclic) bond motifs is 2. The summed E-state index contributed by atoms with van der Waals surface area (Å²) in [6.45, 7) is 6.59. The Kier molecular flexibility index (Phi) is 7.67. The van der Waals surface area contributed by atoms with Gasteiger partial charge in [-0.25, -0.2) is 9.59 Å². The number of rotatable bonds is 6. The maximum absolute atomic E-state index is 12.9. The lowest BCUT2D eigenvalue weighted by Gasteiger charge is -2.29. The molecular formula is C25H35N5O6. The van der Waals surface area contributed by atoms with Crippen LogP contribution in [0.15, 0.2) is 30.3 Å². The molecule has 1 aromatic carbocycles. The lowest BCUT2D eigenvalue weighted by atomic mass is 10.0. The highest BCUT2D eigenvalue weighted by Gasteiger charge is 2.48. The van der Waals surface area contributed by atoms with Crippen LogP contribution < -0.4 is 10.9 Å². The molecule has 1 aromatic rings. The zero-order chi connectivity index (χ0) is 25.9. The van der Waals surface area contributed by atoms with Gasteiger partial charge in [0.05, 0.1) is 6.04 Å². The number of hydroxylamine groups is 2. The molecule has 3 aliphatic heterocycles. The standard InChI is InChI=1S/C25H35N5O6/c1-25(2,3)36-24(34)28-13-7-10-18(28)14-21(31)26-27-22(32)20-12-11-19-15-29(20)23(33)30(19)35-16-17-8-5-4-6-9-17/h4-6,8-9,18-20H,7,10-16H2,1-3H3,(H,26,31)(H,27,32)/t18-,19+,20-/m0/s1. The van der Waals surface area contributed by atoms with Gasteiger partial charge in [0, 0.05) is 25.6 Å². The highest BCUT2D eigenvalue weighted by atomic mass is 16.7. The highest BCUT2D eigenvalue weighted by Crippen LogP contribution is 2.30. The van der Waals surface area contributed by atoms with Gasteiger partial charge in [-0.05, 0) is 52.0 Å². The zero-order valence-corrected chi connectivity index (χ0v) is 21.1. The Morgan fingerprint density at radius 2 is 1.81 bits per heavy atom. The molecule has 196 valence electrons. The van der Waals surface area contributed by atoms with Crippen molar-refractivity contribution in [2.75, 3.05) is 13.1 Å². The molecule has 3 saturated heterocycles. The van der Waals surface area contributed by atoms with E-state index in [0.717, 1.165) is 12.0 Å². The molecule has 2 N–H and O–H groups in total. The summed E-state index contributed by atoms with van der Waals surface area (Å²) < 4.78 is 5.43. The first kappa shape index (κ1) is 25.7. The number of hydrogen-bond donors (Lipinski definition) is 2. The van der Waals surface area contributed by atoms with Crippen LogP contribution in [0.25, 0.3) is 0 Å². The largest absolute Gasteiger partial charge is 0.444 e. The number of hydrogen-bond acceptors (Lipinski definition) is 6. The van der Waals surface area contributed by atoms with Crippen LogP contribution in [0.5, 0.6) is 0 Å². The van der Waals surface area contributed by atoms with E-state index in [1.807, 2.05) is 30.3 Å². The molecule has 11 heteroatoms. The number of hydrazine groups is 1. The van der Waals surface area contributed by atoms with Gasteiger partial charge in [-0.1, -0.05) is 30.3 Å². The fourth-order valence-corrected chi connectivity index (χ4v) is 4.88. The van der Waals surface area contributed by atoms with Gasteiger partial charge < -0.3 is 14.5 Å². The number of urea groups is 1. The molecule has 3 heterocycles. The van der Waals surface area contributed by atoms with E-state index in [9.17, 15) is 19.2 Å². The quantitative estimate of drug-likeness (QED) is 0.578. The first-order chi connectivity index (χ1) is 17.1. The van der Waals surface area contributed by atoms with E-state index in [-0.39, 0.29) is 31.1 Å². The minimum absolute atomic E-state index is 0.0516. The Balaban J connectivity index is 1.25. The maximum Gasteiger partial charge on any atom is 0.410 e. The highest BCUT2D eigenvalue weighted by molar-refractivity contribution is 5.90. The molecule has 0 aromatic heterocycles. The smallest absolute Gasteiger partial charge is 0.410 e. The lowest BCUT2D eigenvalue weighted by Crippen LogP contribution is -2.54. The molecule has 3 aliphatic rings. The van der Waals surface area contributed by atoms with Gasteiger partial charge in [0.1, 0.15) is 18.2 Å². The van der Waals surface area contributed by atoms with Gasteiger partial charge in [-0.2, -0.15) is 5.06 Å². The van der Waals surface area contributed by atoms with Crippen LogP contribution in [0.4, 0.5) is 9.59 Å². The fraction of sp³-hybridized carbons (Fsp3) is 0.600. The summed E-state index contributed by atoms with van der Waals surface area (Å²) >= 11 is 0. The number of piperidine rings is 1. The molecule has 11 nitrogen and oxygen atoms in total. The SMILES string of the molecule is CC(C)(C)OC(=O)N1CCC[C@H]1CC(=O)NNC(=O)[C@@H]1CC[C@@H]2CN1C(=O)N2OCc1ccccc1. The molecule has 4 rings (SSSR count). The number of amides is 5. The summed E-state index contributed by atoms with van der Waals surface area (Å²) in [7, 11) is 0. The summed E-state index contributed by atoms with van der Waals surface area (Å²) in [5.74, 6) is -0.853. The Bertz CT molecular complexity index is 981. The number of nitrogens with one attached hydrogen (secondary N) is 2. The van der Waals surface area contributed by atoms with E-state index in [0.29, 0.717) is 32.4 Å². The van der Waals surface area contributed by atoms with Crippen molar-refractivity contribution in [1.82, 2.24) is 25.7 Å². The summed E-state index contributed by atoms with van der Waals surface area (Å²) in [6.07, 6.45) is 2.17. The van der Waals surface area contributed by atoms with Crippen LogP contribution >= 0.6 is 0 Å². The van der Waals surface area contributed by atoms with Crippen LogP contribution in [-0.2, 0) is 25.8 Å². The van der Waals surface area contributed by atoms with Crippen molar-refractivity contribution < 1.29 is 28.8 Å². The van der Waals surface area contributed by atoms with E-state index in [2.05, 4.69) is 10.9 Å². The predicted molar refractivity (Wildman–Crippen MR) is 129 cm³/mol. The second-order valence-corrected chi connectivity index (χ2v) is 10.5. The molecule has 0 unspecified atom stereocenters. The second kappa shape index (κ2) is 10.7. The lowest BCUT2D eigenvalue weighted by molar-refractivity contribution is -0.140. The number of nitrogens with zero attached hydrogens (tertiary/aromatic N) is 3. The van der Waals surface area contributed by atoms with Crippen molar-refractivity contribution in [3.8, 4) is 0 Å². The van der Waals surface area contributed by atoms with E-state index in [1.54, 1.807) is 25.7 Å². The average molecular weight is 502 g/mol. The minimum Gasteiger partial charge on any atom is -0.444 e. The first-order valence-corrected chi connectivity index (χ1v) is 12.5. The van der Waals surface area contributed by atoms with E-state index < -0.39 is 29.6 Å². The van der Waals surface area contributed by atoms with Crippen LogP contribution in [-0.4, -0.2) is 75.6 Å². The monoisotopic (exact) mass is 501 g/mol. The van der Waals surface area contributed by atoms with E-state index in [1.165, 1.54) is 9.96 Å². The molecule has 0 radical (unpaired) electrons. The van der Waals surface area contributed by atoms with Crippen LogP contribution in [0.3, 0.4) is 0 Å². The molecule has 0 saturated carbocycles. The number of likely N-dealkylation sites (tertiary alicyclic amines) is 1. The van der Waals surface area contributed by atoms with Crippen molar-refractivity contribution in [2.45, 2.75) is 83.2 Å². The molecule has 0 spiro atoms. The molecule has 0 aliphatic carbocycles. The molecule has 3 fully saturated rings. The van der Waals surface area contributed by atoms with Gasteiger partial charge in [0.2, 0.25) is 5.91 Å². The Labute approximate surface area is 211 Å². The van der Waals surface area contributed by atoms with Crippen LogP contribution in [0, 0.1) is 0 Å². The Morgan fingerprint density at radius 1 is 1.06 bits per heavy atom. The topological polar surface area (TPSA) is 121 Å². The van der Waals surface area contributed by atoms with Crippen molar-refractivity contribution in [1.29, 1.82) is 0 Å². The third kappa shape index (κ3) is 6.07. The molecule has 5 amide bonds. The third-order valence-electron chi connectivity index (χ3n) is 6.59. The van der Waals surface area contributed by atoms with Gasteiger partial charge in [-0.15, -0.1) is 0 Å². The van der Waals surface area contributed by atoms with Crippen LogP contribution in [0.1, 0.15) is 58.4 Å². The molecule has 3 atom stereocenters. The normalized spacial score (nSPS) is 23.6. The van der Waals surface area contributed by atoms with Gasteiger partial charge in [-0.3, -0.25) is 25.3 Å². The number of carbonyl (C=O) groups excluding carboxylic acids is 4. The zero-order valence-electron chi connectivity index (χ0n) is 21.1. The van der Waals surface area contributed by atoms with Gasteiger partial charge >= 0.3 is 12.1 Å². The average Bonchev–Trinajstić information content (AvgIpc) is 3.38. The number of ether oxygens (including phenoxy) is 1. The van der Waals surface area contributed by atoms with Crippen molar-refractivity contribution in [2.24, 2.45) is 0 Å². The Hall–Kier alpha value is -3.34. The van der Waals surface area contributed by atoms with E-state index in [4.69, 9.17) is 9.57 Å². The number of carbonyl (C=O) groups is 4. The third-order valence-corrected chi connectivity index (χ3v) is 6.59. The van der Waals surface area contributed by atoms with E-state index >= 15 is 0 Å². The maximum atomic E-state index is 12.9. The molecule has 36 heavy (non-hydrogen) atoms. The summed E-state index contributed by atoms with van der Waals surface area (Å²) in [5.41, 5.74) is 5.24. The van der Waals surface area contributed by atoms with Gasteiger partial charge in [0.25, 0.3) is 5.91 Å². The Morgan fingerprint density at radius 3 is 2.53 bits per heavy atom. The van der Waals surface area contributed by atoms with Crippen LogP contribution in [0.2, 0.25) is 0 Å². The molecular weight excluding hydrogens is 466 g/mol. The number of benzene rings is 1. The minimum atomic E-state index is -0.691. The van der Waals surface area contributed by atoms with Gasteiger partial charge in [0.15, 0.2) is 0 Å². The fourth-order valence-electron chi connectivity index (χ4n) is 4.88. The predicted octanol–water partition coefficient (Wildman–Crippen LogP) is 2.32. The summed E-state index contributed by atoms with van der Waals surface area (Å²) in [6, 6.07) is 8.13. The first-order valence-electron chi connectivity index (χ1n) is 12.5. The molecule has 2 bridgehead atoms. The van der Waals surface area contributed by atoms with Crippen molar-refractivity contribution >= 4 is 23.9 Å². The van der Waals surface area contributed by atoms with Crippen molar-refractivity contribution in [3.05, 3.63) is 35.9 Å². The summed E-state index contributed by atoms with van der Waals surface area (Å²) in [4.78, 5) is 59.5. The van der Waals surface area contributed by atoms with Crippen molar-refractivity contribution in [3.63, 3.8) is 0 Å². The summed E-state index contributed by atoms with van der Waals surface area (Å²) in [5, 5.41) is 1.37.